The maximum absolute atomic E-state index is 12.4. The maximum Gasteiger partial charge on any atom is 0.407 e. The molecule has 0 radical (unpaired) electrons. The predicted molar refractivity (Wildman–Crippen MR) is 83.6 cm³/mol. The molecule has 2 rings (SSSR count). The van der Waals surface area contributed by atoms with Gasteiger partial charge < -0.3 is 25.0 Å². The number of aryl methyl sites for hydroxylation is 2. The van der Waals surface area contributed by atoms with Crippen LogP contribution < -0.4 is 5.32 Å². The van der Waals surface area contributed by atoms with Gasteiger partial charge in [-0.25, -0.2) is 9.78 Å². The first-order chi connectivity index (χ1) is 11.0. The number of aromatic amines is 1. The smallest absolute Gasteiger partial charge is 0.407 e. The summed E-state index contributed by atoms with van der Waals surface area (Å²) < 4.78 is 5.34. The summed E-state index contributed by atoms with van der Waals surface area (Å²) in [7, 11) is 1.52. The van der Waals surface area contributed by atoms with Crippen LogP contribution in [0.4, 0.5) is 4.79 Å². The number of rotatable bonds is 5. The van der Waals surface area contributed by atoms with Crippen LogP contribution in [0.2, 0.25) is 0 Å². The third-order valence-corrected chi connectivity index (χ3v) is 4.22. The minimum atomic E-state index is -0.969. The molecule has 1 aromatic heterocycles. The predicted octanol–water partition coefficient (Wildman–Crippen LogP) is 1.03. The number of hydrogen-bond donors (Lipinski definition) is 3. The van der Waals surface area contributed by atoms with Crippen molar-refractivity contribution in [2.75, 3.05) is 20.2 Å². The number of carbonyl (C=O) groups is 2. The Morgan fingerprint density at radius 2 is 2.17 bits per heavy atom. The lowest BCUT2D eigenvalue weighted by atomic mass is 10.0. The summed E-state index contributed by atoms with van der Waals surface area (Å²) in [5.41, 5.74) is 1.88. The molecule has 128 valence electrons. The van der Waals surface area contributed by atoms with Crippen molar-refractivity contribution in [2.45, 2.75) is 45.3 Å². The minimum absolute atomic E-state index is 0.233. The summed E-state index contributed by atoms with van der Waals surface area (Å²) >= 11 is 0. The van der Waals surface area contributed by atoms with Gasteiger partial charge in [-0.3, -0.25) is 4.79 Å². The third kappa shape index (κ3) is 3.82. The number of imidazole rings is 1. The number of nitrogens with zero attached hydrogens (tertiary/aromatic N) is 2. The number of ether oxygens (including phenoxy) is 1. The van der Waals surface area contributed by atoms with Gasteiger partial charge in [0.25, 0.3) is 5.91 Å². The third-order valence-electron chi connectivity index (χ3n) is 4.22. The lowest BCUT2D eigenvalue weighted by molar-refractivity contribution is 0.0100. The zero-order chi connectivity index (χ0) is 17.0. The van der Waals surface area contributed by atoms with Gasteiger partial charge in [0.05, 0.1) is 24.4 Å². The van der Waals surface area contributed by atoms with E-state index in [1.165, 1.54) is 12.0 Å². The molecule has 0 spiro atoms. The minimum Gasteiger partial charge on any atom is -0.465 e. The second-order valence-electron chi connectivity index (χ2n) is 5.59. The number of amides is 2. The van der Waals surface area contributed by atoms with Crippen molar-refractivity contribution < 1.29 is 19.4 Å². The number of likely N-dealkylation sites (tertiary alicyclic amines) is 1. The Morgan fingerprint density at radius 1 is 1.43 bits per heavy atom. The highest BCUT2D eigenvalue weighted by Gasteiger charge is 2.33. The van der Waals surface area contributed by atoms with Gasteiger partial charge in [-0.15, -0.1) is 0 Å². The maximum atomic E-state index is 12.4. The Morgan fingerprint density at radius 3 is 2.70 bits per heavy atom. The topological polar surface area (TPSA) is 108 Å². The largest absolute Gasteiger partial charge is 0.465 e. The SMILES string of the molecule is CCc1nc(C(=O)NC2CCN(C(=O)O)CC2OC)[nH]c1CC. The molecular weight excluding hydrogens is 300 g/mol. The molecule has 1 aromatic rings. The van der Waals surface area contributed by atoms with Crippen molar-refractivity contribution in [1.29, 1.82) is 0 Å². The van der Waals surface area contributed by atoms with E-state index in [0.29, 0.717) is 18.8 Å². The molecule has 2 unspecified atom stereocenters. The molecule has 1 fully saturated rings. The van der Waals surface area contributed by atoms with Crippen LogP contribution in [0.25, 0.3) is 0 Å². The Balaban J connectivity index is 2.04. The van der Waals surface area contributed by atoms with Crippen LogP contribution in [0.5, 0.6) is 0 Å². The van der Waals surface area contributed by atoms with E-state index in [1.54, 1.807) is 0 Å². The first kappa shape index (κ1) is 17.3. The van der Waals surface area contributed by atoms with E-state index in [0.717, 1.165) is 24.2 Å². The standard InChI is InChI=1S/C15H24N4O4/c1-4-9-10(5-2)17-13(16-9)14(20)18-11-6-7-19(15(21)22)8-12(11)23-3/h11-12H,4-8H2,1-3H3,(H,16,17)(H,18,20)(H,21,22). The van der Waals surface area contributed by atoms with Crippen molar-refractivity contribution in [2.24, 2.45) is 0 Å². The molecule has 0 aromatic carbocycles. The molecule has 1 aliphatic rings. The molecule has 2 amide bonds. The number of H-pyrrole nitrogens is 1. The second-order valence-corrected chi connectivity index (χ2v) is 5.59. The first-order valence-electron chi connectivity index (χ1n) is 7.89. The summed E-state index contributed by atoms with van der Waals surface area (Å²) in [6, 6.07) is -0.233. The van der Waals surface area contributed by atoms with Crippen LogP contribution in [0, 0.1) is 0 Å². The molecule has 0 bridgehead atoms. The highest BCUT2D eigenvalue weighted by molar-refractivity contribution is 5.91. The molecule has 23 heavy (non-hydrogen) atoms. The molecular formula is C15H24N4O4. The fourth-order valence-electron chi connectivity index (χ4n) is 2.87. The number of hydrogen-bond acceptors (Lipinski definition) is 4. The number of carboxylic acid groups (broad SMARTS) is 1. The number of piperidine rings is 1. The average molecular weight is 324 g/mol. The van der Waals surface area contributed by atoms with E-state index in [2.05, 4.69) is 15.3 Å². The molecule has 2 heterocycles. The lowest BCUT2D eigenvalue weighted by Gasteiger charge is -2.36. The van der Waals surface area contributed by atoms with Crippen LogP contribution in [0.1, 0.15) is 42.3 Å². The fraction of sp³-hybridized carbons (Fsp3) is 0.667. The van der Waals surface area contributed by atoms with Gasteiger partial charge in [0.15, 0.2) is 5.82 Å². The van der Waals surface area contributed by atoms with Crippen LogP contribution in [0.3, 0.4) is 0 Å². The summed E-state index contributed by atoms with van der Waals surface area (Å²) in [6.45, 7) is 4.63. The Bertz CT molecular complexity index is 550. The zero-order valence-electron chi connectivity index (χ0n) is 13.8. The van der Waals surface area contributed by atoms with Crippen molar-refractivity contribution in [3.8, 4) is 0 Å². The number of nitrogens with one attached hydrogen (secondary N) is 2. The molecule has 1 aliphatic heterocycles. The van der Waals surface area contributed by atoms with E-state index in [1.807, 2.05) is 13.8 Å². The van der Waals surface area contributed by atoms with Gasteiger partial charge in [0, 0.05) is 19.3 Å². The van der Waals surface area contributed by atoms with E-state index >= 15 is 0 Å². The van der Waals surface area contributed by atoms with Gasteiger partial charge in [0.2, 0.25) is 0 Å². The fourth-order valence-corrected chi connectivity index (χ4v) is 2.87. The summed E-state index contributed by atoms with van der Waals surface area (Å²) in [6.07, 6.45) is 0.739. The summed E-state index contributed by atoms with van der Waals surface area (Å²) in [4.78, 5) is 32.1. The quantitative estimate of drug-likeness (QED) is 0.750. The normalized spacial score (nSPS) is 21.3. The van der Waals surface area contributed by atoms with Crippen LogP contribution in [-0.4, -0.2) is 64.3 Å². The first-order valence-corrected chi connectivity index (χ1v) is 7.89. The highest BCUT2D eigenvalue weighted by Crippen LogP contribution is 2.15. The Hall–Kier alpha value is -2.09. The number of methoxy groups -OCH3 is 1. The van der Waals surface area contributed by atoms with Crippen molar-refractivity contribution in [3.63, 3.8) is 0 Å². The summed E-state index contributed by atoms with van der Waals surface area (Å²) in [5, 5.41) is 12.0. The zero-order valence-corrected chi connectivity index (χ0v) is 13.8. The van der Waals surface area contributed by atoms with E-state index in [9.17, 15) is 9.59 Å². The molecule has 0 aliphatic carbocycles. The van der Waals surface area contributed by atoms with Gasteiger partial charge in [-0.1, -0.05) is 13.8 Å². The Kier molecular flexibility index (Phi) is 5.59. The van der Waals surface area contributed by atoms with Crippen molar-refractivity contribution in [3.05, 3.63) is 17.2 Å². The summed E-state index contributed by atoms with van der Waals surface area (Å²) in [5.74, 6) is 0.0180. The molecule has 3 N–H and O–H groups in total. The van der Waals surface area contributed by atoms with Gasteiger partial charge >= 0.3 is 6.09 Å². The van der Waals surface area contributed by atoms with E-state index < -0.39 is 6.09 Å². The lowest BCUT2D eigenvalue weighted by Crippen LogP contribution is -2.55. The number of carbonyl (C=O) groups excluding carboxylic acids is 1. The average Bonchev–Trinajstić information content (AvgIpc) is 2.98. The van der Waals surface area contributed by atoms with Crippen LogP contribution in [-0.2, 0) is 17.6 Å². The van der Waals surface area contributed by atoms with Crippen LogP contribution >= 0.6 is 0 Å². The van der Waals surface area contributed by atoms with Crippen molar-refractivity contribution >= 4 is 12.0 Å². The Labute approximate surface area is 135 Å². The number of aromatic nitrogens is 2. The van der Waals surface area contributed by atoms with E-state index in [-0.39, 0.29) is 24.6 Å². The molecule has 1 saturated heterocycles. The van der Waals surface area contributed by atoms with Crippen LogP contribution in [0.15, 0.2) is 0 Å². The molecule has 8 nitrogen and oxygen atoms in total. The molecule has 0 saturated carbocycles. The second kappa shape index (κ2) is 7.45. The highest BCUT2D eigenvalue weighted by atomic mass is 16.5. The van der Waals surface area contributed by atoms with E-state index in [4.69, 9.17) is 9.84 Å². The molecule has 8 heteroatoms. The molecule has 2 atom stereocenters. The van der Waals surface area contributed by atoms with Crippen molar-refractivity contribution in [1.82, 2.24) is 20.2 Å². The monoisotopic (exact) mass is 324 g/mol. The van der Waals surface area contributed by atoms with Gasteiger partial charge in [0.1, 0.15) is 0 Å². The van der Waals surface area contributed by atoms with Gasteiger partial charge in [-0.05, 0) is 19.3 Å². The van der Waals surface area contributed by atoms with Gasteiger partial charge in [-0.2, -0.15) is 0 Å².